The number of unbranched alkanes of at least 4 members (excludes halogenated alkanes) is 1. The zero-order valence-electron chi connectivity index (χ0n) is 26.8. The Morgan fingerprint density at radius 2 is 1.39 bits per heavy atom. The first-order valence-electron chi connectivity index (χ1n) is 15.6. The molecule has 0 aliphatic rings. The number of ether oxygens (including phenoxy) is 1. The summed E-state index contributed by atoms with van der Waals surface area (Å²) in [6.07, 6.45) is 3.32. The number of amides is 2. The minimum Gasteiger partial charge on any atom is -0.480 e. The average molecular weight is 601 g/mol. The van der Waals surface area contributed by atoms with Gasteiger partial charge in [-0.25, -0.2) is 9.59 Å². The van der Waals surface area contributed by atoms with Crippen LogP contribution in [0.3, 0.4) is 0 Å². The van der Waals surface area contributed by atoms with Crippen molar-refractivity contribution in [3.8, 4) is 11.1 Å². The van der Waals surface area contributed by atoms with E-state index in [0.29, 0.717) is 13.0 Å². The van der Waals surface area contributed by atoms with Crippen molar-refractivity contribution < 1.29 is 24.2 Å². The number of hydrogen-bond donors (Lipinski definition) is 2. The predicted molar refractivity (Wildman–Crippen MR) is 175 cm³/mol. The molecule has 0 spiro atoms. The molecule has 0 aliphatic carbocycles. The smallest absolute Gasteiger partial charge is 0.326 e. The molecule has 0 aromatic heterocycles. The summed E-state index contributed by atoms with van der Waals surface area (Å²) in [4.78, 5) is 40.7. The lowest BCUT2D eigenvalue weighted by molar-refractivity contribution is -0.160. The van der Waals surface area contributed by atoms with Gasteiger partial charge in [0.2, 0.25) is 0 Å². The summed E-state index contributed by atoms with van der Waals surface area (Å²) in [6.45, 7) is 10.0. The summed E-state index contributed by atoms with van der Waals surface area (Å²) < 4.78 is 5.75. The summed E-state index contributed by atoms with van der Waals surface area (Å²) in [5, 5.41) is 12.7. The highest BCUT2D eigenvalue weighted by molar-refractivity contribution is 5.83. The molecule has 0 saturated carbocycles. The van der Waals surface area contributed by atoms with Crippen molar-refractivity contribution in [3.63, 3.8) is 0 Å². The van der Waals surface area contributed by atoms with Crippen LogP contribution in [-0.4, -0.2) is 52.7 Å². The van der Waals surface area contributed by atoms with E-state index in [-0.39, 0.29) is 24.9 Å². The van der Waals surface area contributed by atoms with Crippen molar-refractivity contribution in [2.45, 2.75) is 78.4 Å². The van der Waals surface area contributed by atoms with Crippen molar-refractivity contribution in [2.75, 3.05) is 13.1 Å². The van der Waals surface area contributed by atoms with Gasteiger partial charge in [-0.2, -0.15) is 0 Å². The molecule has 7 heteroatoms. The summed E-state index contributed by atoms with van der Waals surface area (Å²) in [5.74, 6) is -1.86. The Kier molecular flexibility index (Phi) is 13.0. The maximum Gasteiger partial charge on any atom is 0.326 e. The SMILES string of the molecule is CC(C)CN(CC(CCCCc1ccccc1)C(=O)OC(C)(C)C)C(=O)N[C@@H](Cc1ccc(-c2ccccc2)cc1)C(=O)O. The lowest BCUT2D eigenvalue weighted by Gasteiger charge is -2.31. The van der Waals surface area contributed by atoms with E-state index in [0.717, 1.165) is 36.0 Å². The number of carboxylic acid groups (broad SMARTS) is 1. The maximum atomic E-state index is 13.6. The second-order valence-corrected chi connectivity index (χ2v) is 12.9. The van der Waals surface area contributed by atoms with E-state index < -0.39 is 29.6 Å². The second-order valence-electron chi connectivity index (χ2n) is 12.9. The molecular formula is C37H48N2O5. The highest BCUT2D eigenvalue weighted by Crippen LogP contribution is 2.21. The van der Waals surface area contributed by atoms with Gasteiger partial charge in [0, 0.05) is 19.5 Å². The molecule has 7 nitrogen and oxygen atoms in total. The van der Waals surface area contributed by atoms with Crippen LogP contribution >= 0.6 is 0 Å². The van der Waals surface area contributed by atoms with Crippen LogP contribution < -0.4 is 5.32 Å². The van der Waals surface area contributed by atoms with E-state index in [9.17, 15) is 19.5 Å². The molecule has 0 radical (unpaired) electrons. The van der Waals surface area contributed by atoms with E-state index >= 15 is 0 Å². The van der Waals surface area contributed by atoms with E-state index in [1.54, 1.807) is 4.90 Å². The van der Waals surface area contributed by atoms with Crippen LogP contribution in [0, 0.1) is 11.8 Å². The van der Waals surface area contributed by atoms with Crippen molar-refractivity contribution in [1.29, 1.82) is 0 Å². The number of aliphatic carboxylic acids is 1. The average Bonchev–Trinajstić information content (AvgIpc) is 2.98. The van der Waals surface area contributed by atoms with E-state index in [4.69, 9.17) is 4.74 Å². The summed E-state index contributed by atoms with van der Waals surface area (Å²) in [7, 11) is 0. The number of carbonyl (C=O) groups is 3. The van der Waals surface area contributed by atoms with Crippen LogP contribution in [0.5, 0.6) is 0 Å². The molecule has 0 heterocycles. The minimum absolute atomic E-state index is 0.118. The fourth-order valence-corrected chi connectivity index (χ4v) is 5.12. The molecule has 3 aromatic carbocycles. The normalized spacial score (nSPS) is 12.8. The standard InChI is InChI=1S/C37H48N2O5/c1-27(2)25-39(26-32(35(42)44-37(3,4)5)19-13-12-16-28-14-8-6-9-15-28)36(43)38-33(34(40)41)24-29-20-22-31(23-21-29)30-17-10-7-11-18-30/h6-11,14-15,17-18,20-23,27,32-33H,12-13,16,19,24-26H2,1-5H3,(H,38,43)(H,40,41)/t32?,33-/m0/s1. The molecule has 2 amide bonds. The van der Waals surface area contributed by atoms with Gasteiger partial charge in [0.05, 0.1) is 5.92 Å². The maximum absolute atomic E-state index is 13.6. The number of carboxylic acids is 1. The van der Waals surface area contributed by atoms with Gasteiger partial charge in [-0.1, -0.05) is 105 Å². The second kappa shape index (κ2) is 16.6. The Morgan fingerprint density at radius 3 is 1.95 bits per heavy atom. The van der Waals surface area contributed by atoms with Crippen LogP contribution in [0.25, 0.3) is 11.1 Å². The van der Waals surface area contributed by atoms with E-state index in [1.807, 2.05) is 107 Å². The molecule has 0 aliphatic heterocycles. The number of carbonyl (C=O) groups excluding carboxylic acids is 2. The van der Waals surface area contributed by atoms with Gasteiger partial charge in [-0.3, -0.25) is 4.79 Å². The third kappa shape index (κ3) is 11.9. The highest BCUT2D eigenvalue weighted by Gasteiger charge is 2.30. The molecule has 0 fully saturated rings. The summed E-state index contributed by atoms with van der Waals surface area (Å²) in [6, 6.07) is 26.3. The zero-order valence-corrected chi connectivity index (χ0v) is 26.8. The quantitative estimate of drug-likeness (QED) is 0.140. The monoisotopic (exact) mass is 600 g/mol. The Labute approximate surface area is 262 Å². The van der Waals surface area contributed by atoms with Crippen LogP contribution in [0.15, 0.2) is 84.9 Å². The van der Waals surface area contributed by atoms with Gasteiger partial charge in [0.25, 0.3) is 0 Å². The molecule has 2 N–H and O–H groups in total. The van der Waals surface area contributed by atoms with Crippen LogP contribution in [0.1, 0.15) is 65.0 Å². The van der Waals surface area contributed by atoms with Crippen LogP contribution in [0.2, 0.25) is 0 Å². The number of aryl methyl sites for hydroxylation is 1. The van der Waals surface area contributed by atoms with Gasteiger partial charge >= 0.3 is 18.0 Å². The molecular weight excluding hydrogens is 552 g/mol. The number of urea groups is 1. The molecule has 0 saturated heterocycles. The lowest BCUT2D eigenvalue weighted by atomic mass is 9.98. The molecule has 1 unspecified atom stereocenters. The predicted octanol–water partition coefficient (Wildman–Crippen LogP) is 7.39. The van der Waals surface area contributed by atoms with Crippen molar-refractivity contribution in [1.82, 2.24) is 10.2 Å². The Morgan fingerprint density at radius 1 is 0.795 bits per heavy atom. The van der Waals surface area contributed by atoms with E-state index in [2.05, 4.69) is 17.4 Å². The lowest BCUT2D eigenvalue weighted by Crippen LogP contribution is -2.51. The Bertz CT molecular complexity index is 1320. The summed E-state index contributed by atoms with van der Waals surface area (Å²) >= 11 is 0. The molecule has 3 rings (SSSR count). The number of nitrogens with zero attached hydrogens (tertiary/aromatic N) is 1. The van der Waals surface area contributed by atoms with Crippen LogP contribution in [-0.2, 0) is 27.2 Å². The number of rotatable bonds is 15. The first-order valence-corrected chi connectivity index (χ1v) is 15.6. The molecule has 236 valence electrons. The minimum atomic E-state index is -1.12. The number of hydrogen-bond acceptors (Lipinski definition) is 4. The van der Waals surface area contributed by atoms with Gasteiger partial charge in [-0.15, -0.1) is 0 Å². The fraction of sp³-hybridized carbons (Fsp3) is 0.432. The number of esters is 1. The van der Waals surface area contributed by atoms with E-state index in [1.165, 1.54) is 5.56 Å². The van der Waals surface area contributed by atoms with Crippen LogP contribution in [0.4, 0.5) is 4.79 Å². The van der Waals surface area contributed by atoms with Crippen molar-refractivity contribution in [2.24, 2.45) is 11.8 Å². The highest BCUT2D eigenvalue weighted by atomic mass is 16.6. The van der Waals surface area contributed by atoms with Crippen molar-refractivity contribution >= 4 is 18.0 Å². The third-order valence-corrected chi connectivity index (χ3v) is 7.26. The first-order chi connectivity index (χ1) is 20.9. The Balaban J connectivity index is 1.70. The topological polar surface area (TPSA) is 95.9 Å². The first kappa shape index (κ1) is 34.4. The molecule has 3 aromatic rings. The Hall–Kier alpha value is -4.13. The molecule has 44 heavy (non-hydrogen) atoms. The third-order valence-electron chi connectivity index (χ3n) is 7.26. The summed E-state index contributed by atoms with van der Waals surface area (Å²) in [5.41, 5.74) is 3.50. The van der Waals surface area contributed by atoms with Gasteiger partial charge in [0.15, 0.2) is 0 Å². The number of nitrogens with one attached hydrogen (secondary N) is 1. The zero-order chi connectivity index (χ0) is 32.1. The van der Waals surface area contributed by atoms with Gasteiger partial charge in [-0.05, 0) is 68.2 Å². The molecule has 0 bridgehead atoms. The number of benzene rings is 3. The fourth-order valence-electron chi connectivity index (χ4n) is 5.12. The molecule has 2 atom stereocenters. The largest absolute Gasteiger partial charge is 0.480 e. The van der Waals surface area contributed by atoms with Gasteiger partial charge < -0.3 is 20.1 Å². The van der Waals surface area contributed by atoms with Crippen molar-refractivity contribution in [3.05, 3.63) is 96.1 Å². The van der Waals surface area contributed by atoms with Gasteiger partial charge in [0.1, 0.15) is 11.6 Å².